The summed E-state index contributed by atoms with van der Waals surface area (Å²) in [7, 11) is -2.45. The van der Waals surface area contributed by atoms with E-state index in [2.05, 4.69) is 4.72 Å². The van der Waals surface area contributed by atoms with Crippen molar-refractivity contribution in [2.45, 2.75) is 23.8 Å². The number of rotatable bonds is 8. The molecule has 0 radical (unpaired) electrons. The molecule has 0 saturated carbocycles. The third-order valence-corrected chi connectivity index (χ3v) is 5.10. The highest BCUT2D eigenvalue weighted by atomic mass is 32.2. The Labute approximate surface area is 146 Å². The van der Waals surface area contributed by atoms with Crippen molar-refractivity contribution >= 4 is 10.0 Å². The summed E-state index contributed by atoms with van der Waals surface area (Å²) < 4.78 is 57.5. The zero-order valence-electron chi connectivity index (χ0n) is 13.7. The van der Waals surface area contributed by atoms with E-state index in [4.69, 9.17) is 4.74 Å². The quantitative estimate of drug-likeness (QED) is 0.773. The van der Waals surface area contributed by atoms with Gasteiger partial charge in [0.15, 0.2) is 0 Å². The van der Waals surface area contributed by atoms with E-state index in [9.17, 15) is 17.2 Å². The van der Waals surface area contributed by atoms with Crippen LogP contribution in [0.15, 0.2) is 71.6 Å². The summed E-state index contributed by atoms with van der Waals surface area (Å²) in [5.41, 5.74) is 0.948. The average Bonchev–Trinajstić information content (AvgIpc) is 2.60. The van der Waals surface area contributed by atoms with Gasteiger partial charge in [0.1, 0.15) is 5.75 Å². The van der Waals surface area contributed by atoms with Crippen molar-refractivity contribution in [2.75, 3.05) is 7.11 Å². The molecule has 0 aliphatic rings. The monoisotopic (exact) mass is 367 g/mol. The Morgan fingerprint density at radius 1 is 1.12 bits per heavy atom. The van der Waals surface area contributed by atoms with E-state index < -0.39 is 22.1 Å². The Hall–Kier alpha value is -2.25. The zero-order chi connectivity index (χ0) is 18.3. The van der Waals surface area contributed by atoms with Crippen molar-refractivity contribution in [3.05, 3.63) is 72.3 Å². The van der Waals surface area contributed by atoms with Crippen LogP contribution in [-0.4, -0.2) is 21.6 Å². The third kappa shape index (κ3) is 5.95. The van der Waals surface area contributed by atoms with E-state index in [1.807, 2.05) is 30.3 Å². The first-order valence-corrected chi connectivity index (χ1v) is 9.12. The van der Waals surface area contributed by atoms with Crippen LogP contribution >= 0.6 is 0 Å². The van der Waals surface area contributed by atoms with Crippen LogP contribution in [0.2, 0.25) is 0 Å². The van der Waals surface area contributed by atoms with Crippen LogP contribution in [-0.2, 0) is 16.4 Å². The summed E-state index contributed by atoms with van der Waals surface area (Å²) in [6.07, 6.45) is -0.600. The van der Waals surface area contributed by atoms with Gasteiger partial charge < -0.3 is 4.74 Å². The largest absolute Gasteiger partial charge is 0.497 e. The van der Waals surface area contributed by atoms with E-state index >= 15 is 0 Å². The van der Waals surface area contributed by atoms with Gasteiger partial charge >= 0.3 is 0 Å². The predicted molar refractivity (Wildman–Crippen MR) is 92.2 cm³/mol. The van der Waals surface area contributed by atoms with Crippen LogP contribution in [0.4, 0.5) is 8.78 Å². The minimum atomic E-state index is -3.92. The van der Waals surface area contributed by atoms with Crippen molar-refractivity contribution in [2.24, 2.45) is 0 Å². The summed E-state index contributed by atoms with van der Waals surface area (Å²) in [6.45, 7) is 0. The fourth-order valence-electron chi connectivity index (χ4n) is 2.32. The fourth-order valence-corrected chi connectivity index (χ4v) is 3.53. The van der Waals surface area contributed by atoms with Crippen LogP contribution < -0.4 is 9.46 Å². The Morgan fingerprint density at radius 2 is 1.76 bits per heavy atom. The normalized spacial score (nSPS) is 12.4. The van der Waals surface area contributed by atoms with E-state index in [0.717, 1.165) is 5.56 Å². The van der Waals surface area contributed by atoms with Crippen LogP contribution in [0.5, 0.6) is 5.75 Å². The molecule has 2 rings (SSSR count). The second-order valence-corrected chi connectivity index (χ2v) is 7.10. The van der Waals surface area contributed by atoms with E-state index in [-0.39, 0.29) is 11.3 Å². The maximum absolute atomic E-state index is 12.7. The number of hydrogen-bond acceptors (Lipinski definition) is 3. The second kappa shape index (κ2) is 8.73. The molecule has 0 aliphatic carbocycles. The number of ether oxygens (including phenoxy) is 1. The molecule has 1 N–H and O–H groups in total. The number of halogens is 2. The van der Waals surface area contributed by atoms with Crippen LogP contribution in [0.1, 0.15) is 12.0 Å². The lowest BCUT2D eigenvalue weighted by molar-refractivity contribution is 0.411. The van der Waals surface area contributed by atoms with Gasteiger partial charge in [-0.25, -0.2) is 13.1 Å². The Kier molecular flexibility index (Phi) is 6.66. The molecule has 0 spiro atoms. The molecular formula is C18H19F2NO3S. The lowest BCUT2D eigenvalue weighted by Crippen LogP contribution is -2.34. The topological polar surface area (TPSA) is 55.4 Å². The maximum atomic E-state index is 12.7. The molecule has 0 bridgehead atoms. The molecule has 0 amide bonds. The summed E-state index contributed by atoms with van der Waals surface area (Å²) in [5.74, 6) is 0.509. The van der Waals surface area contributed by atoms with Crippen molar-refractivity contribution < 1.29 is 21.9 Å². The molecule has 2 aromatic carbocycles. The summed E-state index contributed by atoms with van der Waals surface area (Å²) in [4.78, 5) is -0.00863. The predicted octanol–water partition coefficient (Wildman–Crippen LogP) is 3.76. The summed E-state index contributed by atoms with van der Waals surface area (Å²) >= 11 is 0. The lowest BCUT2D eigenvalue weighted by atomic mass is 10.1. The molecule has 2 aromatic rings. The molecule has 134 valence electrons. The molecule has 0 fully saturated rings. The first-order valence-electron chi connectivity index (χ1n) is 7.64. The smallest absolute Gasteiger partial charge is 0.267 e. The van der Waals surface area contributed by atoms with Gasteiger partial charge in [-0.3, -0.25) is 0 Å². The number of aryl methyl sites for hydroxylation is 1. The standard InChI is InChI=1S/C18H19F2NO3S/c1-24-16-9-11-17(12-10-16)25(22,23)21-15(13-18(19)20)8-7-14-5-3-2-4-6-14/h2-6,9-13,15,21H,7-8H2,1H3. The Bertz CT molecular complexity index is 802. The minimum Gasteiger partial charge on any atom is -0.497 e. The van der Waals surface area contributed by atoms with Gasteiger partial charge in [0.2, 0.25) is 10.0 Å². The van der Waals surface area contributed by atoms with Gasteiger partial charge in [0.25, 0.3) is 6.08 Å². The molecular weight excluding hydrogens is 348 g/mol. The van der Waals surface area contributed by atoms with Crippen molar-refractivity contribution in [1.82, 2.24) is 4.72 Å². The van der Waals surface area contributed by atoms with Gasteiger partial charge in [0, 0.05) is 6.04 Å². The third-order valence-electron chi connectivity index (χ3n) is 3.59. The van der Waals surface area contributed by atoms with Crippen LogP contribution in [0, 0.1) is 0 Å². The fraction of sp³-hybridized carbons (Fsp3) is 0.222. The summed E-state index contributed by atoms with van der Waals surface area (Å²) in [6, 6.07) is 14.0. The summed E-state index contributed by atoms with van der Waals surface area (Å²) in [5, 5.41) is 0. The van der Waals surface area contributed by atoms with Gasteiger partial charge in [-0.1, -0.05) is 30.3 Å². The van der Waals surface area contributed by atoms with Gasteiger partial charge in [-0.2, -0.15) is 8.78 Å². The molecule has 0 aromatic heterocycles. The zero-order valence-corrected chi connectivity index (χ0v) is 14.5. The first kappa shape index (κ1) is 19.1. The van der Waals surface area contributed by atoms with Crippen molar-refractivity contribution in [3.8, 4) is 5.75 Å². The second-order valence-electron chi connectivity index (χ2n) is 5.38. The lowest BCUT2D eigenvalue weighted by Gasteiger charge is -2.15. The number of hydrogen-bond donors (Lipinski definition) is 1. The SMILES string of the molecule is COc1ccc(S(=O)(=O)NC(C=C(F)F)CCc2ccccc2)cc1. The molecule has 1 atom stereocenters. The molecule has 0 heterocycles. The first-order chi connectivity index (χ1) is 11.9. The molecule has 1 unspecified atom stereocenters. The van der Waals surface area contributed by atoms with Crippen LogP contribution in [0.3, 0.4) is 0 Å². The van der Waals surface area contributed by atoms with Crippen molar-refractivity contribution in [3.63, 3.8) is 0 Å². The average molecular weight is 367 g/mol. The Morgan fingerprint density at radius 3 is 2.32 bits per heavy atom. The number of sulfonamides is 1. The van der Waals surface area contributed by atoms with Crippen LogP contribution in [0.25, 0.3) is 0 Å². The van der Waals surface area contributed by atoms with E-state index in [1.54, 1.807) is 0 Å². The van der Waals surface area contributed by atoms with E-state index in [0.29, 0.717) is 18.2 Å². The highest BCUT2D eigenvalue weighted by Crippen LogP contribution is 2.17. The molecule has 25 heavy (non-hydrogen) atoms. The van der Waals surface area contributed by atoms with E-state index in [1.165, 1.54) is 31.4 Å². The highest BCUT2D eigenvalue weighted by Gasteiger charge is 2.19. The number of nitrogens with one attached hydrogen (secondary N) is 1. The molecule has 7 heteroatoms. The number of benzene rings is 2. The molecule has 0 saturated heterocycles. The molecule has 4 nitrogen and oxygen atoms in total. The minimum absolute atomic E-state index is 0.00863. The maximum Gasteiger partial charge on any atom is 0.267 e. The van der Waals surface area contributed by atoms with Gasteiger partial charge in [-0.15, -0.1) is 0 Å². The highest BCUT2D eigenvalue weighted by molar-refractivity contribution is 7.89. The Balaban J connectivity index is 2.12. The van der Waals surface area contributed by atoms with Gasteiger partial charge in [0.05, 0.1) is 12.0 Å². The molecule has 0 aliphatic heterocycles. The number of methoxy groups -OCH3 is 1. The van der Waals surface area contributed by atoms with Gasteiger partial charge in [-0.05, 0) is 48.7 Å². The van der Waals surface area contributed by atoms with Crippen molar-refractivity contribution in [1.29, 1.82) is 0 Å².